The third kappa shape index (κ3) is 4.20. The van der Waals surface area contributed by atoms with Crippen LogP contribution in [0.3, 0.4) is 0 Å². The van der Waals surface area contributed by atoms with Crippen molar-refractivity contribution in [2.75, 3.05) is 45.8 Å². The third-order valence-corrected chi connectivity index (χ3v) is 5.54. The van der Waals surface area contributed by atoms with Gasteiger partial charge in [0.1, 0.15) is 5.69 Å². The lowest BCUT2D eigenvalue weighted by Crippen LogP contribution is -2.59. The van der Waals surface area contributed by atoms with Crippen LogP contribution in [-0.2, 0) is 11.2 Å². The average molecular weight is 379 g/mol. The molecule has 2 saturated heterocycles. The normalized spacial score (nSPS) is 18.0. The van der Waals surface area contributed by atoms with Crippen LogP contribution in [0, 0.1) is 5.92 Å². The molecule has 7 nitrogen and oxygen atoms in total. The highest BCUT2D eigenvalue weighted by Crippen LogP contribution is 2.21. The Labute approximate surface area is 165 Å². The quantitative estimate of drug-likeness (QED) is 0.773. The first-order chi connectivity index (χ1) is 13.7. The van der Waals surface area contributed by atoms with Gasteiger partial charge in [0.2, 0.25) is 5.91 Å². The maximum atomic E-state index is 12.7. The first-order valence-corrected chi connectivity index (χ1v) is 9.81. The number of amides is 2. The molecule has 2 aliphatic rings. The molecule has 2 aromatic rings. The maximum Gasteiger partial charge on any atom is 0.274 e. The van der Waals surface area contributed by atoms with Crippen LogP contribution in [0.25, 0.3) is 0 Å². The number of nitrogens with zero attached hydrogens (tertiary/aromatic N) is 5. The molecule has 2 aliphatic heterocycles. The second-order valence-electron chi connectivity index (χ2n) is 7.40. The van der Waals surface area contributed by atoms with Gasteiger partial charge in [0.25, 0.3) is 5.91 Å². The summed E-state index contributed by atoms with van der Waals surface area (Å²) in [7, 11) is 0. The summed E-state index contributed by atoms with van der Waals surface area (Å²) in [6.45, 7) is 5.33. The number of likely N-dealkylation sites (tertiary alicyclic amines) is 1. The Morgan fingerprint density at radius 2 is 1.71 bits per heavy atom. The second-order valence-corrected chi connectivity index (χ2v) is 7.40. The first kappa shape index (κ1) is 18.6. The Balaban J connectivity index is 1.19. The molecule has 1 aromatic heterocycles. The summed E-state index contributed by atoms with van der Waals surface area (Å²) in [4.78, 5) is 39.0. The number of aromatic nitrogens is 2. The van der Waals surface area contributed by atoms with Gasteiger partial charge in [-0.2, -0.15) is 0 Å². The fraction of sp³-hybridized carbons (Fsp3) is 0.429. The molecular weight excluding hydrogens is 354 g/mol. The van der Waals surface area contributed by atoms with E-state index in [-0.39, 0.29) is 17.7 Å². The highest BCUT2D eigenvalue weighted by atomic mass is 16.2. The monoisotopic (exact) mass is 379 g/mol. The van der Waals surface area contributed by atoms with Gasteiger partial charge >= 0.3 is 0 Å². The molecule has 2 amide bonds. The molecule has 3 heterocycles. The molecular formula is C21H25N5O2. The van der Waals surface area contributed by atoms with Crippen molar-refractivity contribution in [3.8, 4) is 0 Å². The van der Waals surface area contributed by atoms with Gasteiger partial charge in [-0.3, -0.25) is 19.5 Å². The van der Waals surface area contributed by atoms with Crippen LogP contribution in [0.4, 0.5) is 0 Å². The zero-order chi connectivity index (χ0) is 19.3. The van der Waals surface area contributed by atoms with Crippen molar-refractivity contribution in [3.05, 3.63) is 60.2 Å². The van der Waals surface area contributed by atoms with Crippen molar-refractivity contribution in [2.45, 2.75) is 6.42 Å². The van der Waals surface area contributed by atoms with Crippen molar-refractivity contribution in [3.63, 3.8) is 0 Å². The zero-order valence-corrected chi connectivity index (χ0v) is 15.9. The topological polar surface area (TPSA) is 69.6 Å². The summed E-state index contributed by atoms with van der Waals surface area (Å²) < 4.78 is 0. The summed E-state index contributed by atoms with van der Waals surface area (Å²) in [5.74, 6) is -0.0646. The van der Waals surface area contributed by atoms with Crippen LogP contribution in [0.2, 0.25) is 0 Å². The van der Waals surface area contributed by atoms with E-state index in [1.807, 2.05) is 11.0 Å². The minimum absolute atomic E-state index is 0.0866. The standard InChI is InChI=1S/C21H25N5O2/c27-20(18-15-26(16-18)21(28)19-14-22-7-8-23-19)25-12-10-24(11-13-25)9-6-17-4-2-1-3-5-17/h1-5,7-8,14,18H,6,9-13,15-16H2. The number of hydrogen-bond acceptors (Lipinski definition) is 5. The van der Waals surface area contributed by atoms with E-state index in [2.05, 4.69) is 39.1 Å². The predicted molar refractivity (Wildman–Crippen MR) is 105 cm³/mol. The Hall–Kier alpha value is -2.80. The van der Waals surface area contributed by atoms with E-state index in [0.29, 0.717) is 18.8 Å². The van der Waals surface area contributed by atoms with Gasteiger partial charge in [0, 0.05) is 58.2 Å². The SMILES string of the molecule is O=C(c1cnccn1)N1CC(C(=O)N2CCN(CCc3ccccc3)CC2)C1. The molecule has 1 aromatic carbocycles. The highest BCUT2D eigenvalue weighted by Gasteiger charge is 2.39. The maximum absolute atomic E-state index is 12.7. The van der Waals surface area contributed by atoms with E-state index < -0.39 is 0 Å². The van der Waals surface area contributed by atoms with Crippen molar-refractivity contribution in [1.82, 2.24) is 24.7 Å². The molecule has 0 bridgehead atoms. The predicted octanol–water partition coefficient (Wildman–Crippen LogP) is 0.936. The Morgan fingerprint density at radius 3 is 2.39 bits per heavy atom. The van der Waals surface area contributed by atoms with Crippen molar-refractivity contribution in [1.29, 1.82) is 0 Å². The smallest absolute Gasteiger partial charge is 0.274 e. The van der Waals surface area contributed by atoms with Gasteiger partial charge in [-0.05, 0) is 12.0 Å². The molecule has 0 unspecified atom stereocenters. The Bertz CT molecular complexity index is 800. The van der Waals surface area contributed by atoms with E-state index >= 15 is 0 Å². The molecule has 0 N–H and O–H groups in total. The minimum atomic E-state index is -0.150. The molecule has 0 atom stereocenters. The van der Waals surface area contributed by atoms with E-state index in [1.165, 1.54) is 18.0 Å². The molecule has 0 radical (unpaired) electrons. The molecule has 0 spiro atoms. The lowest BCUT2D eigenvalue weighted by Gasteiger charge is -2.42. The third-order valence-electron chi connectivity index (χ3n) is 5.54. The lowest BCUT2D eigenvalue weighted by molar-refractivity contribution is -0.141. The van der Waals surface area contributed by atoms with Gasteiger partial charge < -0.3 is 9.80 Å². The Morgan fingerprint density at radius 1 is 0.964 bits per heavy atom. The molecule has 7 heteroatoms. The molecule has 28 heavy (non-hydrogen) atoms. The second kappa shape index (κ2) is 8.48. The summed E-state index contributed by atoms with van der Waals surface area (Å²) in [6, 6.07) is 10.5. The van der Waals surface area contributed by atoms with Crippen molar-refractivity contribution in [2.24, 2.45) is 5.92 Å². The fourth-order valence-electron chi connectivity index (χ4n) is 3.75. The van der Waals surface area contributed by atoms with Gasteiger partial charge in [-0.1, -0.05) is 30.3 Å². The van der Waals surface area contributed by atoms with Crippen LogP contribution in [0.15, 0.2) is 48.9 Å². The van der Waals surface area contributed by atoms with Crippen molar-refractivity contribution >= 4 is 11.8 Å². The van der Waals surface area contributed by atoms with Gasteiger partial charge in [0.15, 0.2) is 0 Å². The number of piperazine rings is 1. The lowest BCUT2D eigenvalue weighted by atomic mass is 9.97. The summed E-state index contributed by atoms with van der Waals surface area (Å²) in [5, 5.41) is 0. The van der Waals surface area contributed by atoms with Crippen LogP contribution in [-0.4, -0.2) is 82.3 Å². The summed E-state index contributed by atoms with van der Waals surface area (Å²) in [5.41, 5.74) is 1.68. The number of rotatable bonds is 5. The zero-order valence-electron chi connectivity index (χ0n) is 15.9. The summed E-state index contributed by atoms with van der Waals surface area (Å²) in [6.07, 6.45) is 5.55. The molecule has 4 rings (SSSR count). The van der Waals surface area contributed by atoms with E-state index in [4.69, 9.17) is 0 Å². The highest BCUT2D eigenvalue weighted by molar-refractivity contribution is 5.94. The van der Waals surface area contributed by atoms with E-state index in [1.54, 1.807) is 11.1 Å². The minimum Gasteiger partial charge on any atom is -0.340 e. The fourth-order valence-corrected chi connectivity index (χ4v) is 3.75. The summed E-state index contributed by atoms with van der Waals surface area (Å²) >= 11 is 0. The number of hydrogen-bond donors (Lipinski definition) is 0. The molecule has 146 valence electrons. The Kier molecular flexibility index (Phi) is 5.62. The molecule has 0 saturated carbocycles. The number of carbonyl (C=O) groups is 2. The number of carbonyl (C=O) groups excluding carboxylic acids is 2. The van der Waals surface area contributed by atoms with Gasteiger partial charge in [-0.15, -0.1) is 0 Å². The first-order valence-electron chi connectivity index (χ1n) is 9.81. The van der Waals surface area contributed by atoms with E-state index in [0.717, 1.165) is 39.1 Å². The van der Waals surface area contributed by atoms with Crippen LogP contribution >= 0.6 is 0 Å². The van der Waals surface area contributed by atoms with Crippen LogP contribution < -0.4 is 0 Å². The molecule has 0 aliphatic carbocycles. The largest absolute Gasteiger partial charge is 0.340 e. The van der Waals surface area contributed by atoms with Gasteiger partial charge in [-0.25, -0.2) is 4.98 Å². The average Bonchev–Trinajstić information content (AvgIpc) is 2.73. The van der Waals surface area contributed by atoms with Crippen molar-refractivity contribution < 1.29 is 9.59 Å². The van der Waals surface area contributed by atoms with Gasteiger partial charge in [0.05, 0.1) is 12.1 Å². The van der Waals surface area contributed by atoms with E-state index in [9.17, 15) is 9.59 Å². The molecule has 2 fully saturated rings. The van der Waals surface area contributed by atoms with Crippen LogP contribution in [0.1, 0.15) is 16.1 Å². The van der Waals surface area contributed by atoms with Crippen LogP contribution in [0.5, 0.6) is 0 Å². The number of benzene rings is 1.